The molecule has 0 saturated heterocycles. The number of amides is 1. The second-order valence-corrected chi connectivity index (χ2v) is 3.12. The molecule has 0 radical (unpaired) electrons. The van der Waals surface area contributed by atoms with E-state index in [1.807, 2.05) is 0 Å². The van der Waals surface area contributed by atoms with Crippen LogP contribution in [0.1, 0.15) is 10.5 Å². The molecule has 2 aromatic rings. The first-order valence-corrected chi connectivity index (χ1v) is 4.15. The molecular weight excluding hydrogens is 209 g/mol. The van der Waals surface area contributed by atoms with Gasteiger partial charge in [0.1, 0.15) is 0 Å². The van der Waals surface area contributed by atoms with Crippen LogP contribution in [0.2, 0.25) is 5.02 Å². The van der Waals surface area contributed by atoms with Gasteiger partial charge in [0.2, 0.25) is 0 Å². The summed E-state index contributed by atoms with van der Waals surface area (Å²) in [4.78, 5) is 11.0. The second-order valence-electron chi connectivity index (χ2n) is 2.69. The van der Waals surface area contributed by atoms with Crippen LogP contribution < -0.4 is 5.54 Å². The summed E-state index contributed by atoms with van der Waals surface area (Å²) in [6, 6.07) is 4.86. The van der Waals surface area contributed by atoms with Gasteiger partial charge >= 0.3 is 0 Å². The normalized spacial score (nSPS) is 10.4. The van der Waals surface area contributed by atoms with Crippen molar-refractivity contribution in [1.29, 1.82) is 0 Å². The van der Waals surface area contributed by atoms with Gasteiger partial charge in [-0.05, 0) is 18.2 Å². The highest BCUT2D eigenvalue weighted by Gasteiger charge is 2.13. The molecule has 0 aliphatic carbocycles. The molecule has 2 rings (SSSR count). The molecule has 2 N–H and O–H groups in total. The smallest absolute Gasteiger partial charge is 0.277 e. The van der Waals surface area contributed by atoms with Gasteiger partial charge in [0.15, 0.2) is 5.69 Å². The molecule has 1 amide bonds. The first kappa shape index (κ1) is 8.96. The number of nitrogens with one attached hydrogen (secondary N) is 2. The third-order valence-corrected chi connectivity index (χ3v) is 2.06. The third kappa shape index (κ3) is 1.31. The first-order valence-electron chi connectivity index (χ1n) is 3.77. The Morgan fingerprint density at radius 3 is 3.07 bits per heavy atom. The Labute approximate surface area is 83.0 Å². The summed E-state index contributed by atoms with van der Waals surface area (Å²) >= 11 is 5.73. The van der Waals surface area contributed by atoms with Crippen LogP contribution >= 0.6 is 11.6 Å². The maximum Gasteiger partial charge on any atom is 0.300 e. The summed E-state index contributed by atoms with van der Waals surface area (Å²) < 4.78 is 11.9. The molecule has 0 aliphatic rings. The molecule has 1 aromatic heterocycles. The minimum atomic E-state index is -0.890. The number of aromatic amines is 1. The van der Waals surface area contributed by atoms with Crippen LogP contribution in [0.4, 0.5) is 4.48 Å². The summed E-state index contributed by atoms with van der Waals surface area (Å²) in [5.74, 6) is -0.890. The molecule has 6 heteroatoms. The highest BCUT2D eigenvalue weighted by atomic mass is 35.5. The second kappa shape index (κ2) is 3.26. The molecule has 0 bridgehead atoms. The number of hydrogen-bond donors (Lipinski definition) is 2. The van der Waals surface area contributed by atoms with Crippen LogP contribution in [0.5, 0.6) is 0 Å². The fourth-order valence-corrected chi connectivity index (χ4v) is 1.38. The molecule has 0 spiro atoms. The van der Waals surface area contributed by atoms with Crippen LogP contribution in [0.3, 0.4) is 0 Å². The fraction of sp³-hybridized carbons (Fsp3) is 0. The van der Waals surface area contributed by atoms with E-state index in [1.165, 1.54) is 0 Å². The minimum Gasteiger partial charge on any atom is -0.277 e. The Bertz CT molecular complexity index is 496. The average Bonchev–Trinajstić information content (AvgIpc) is 2.59. The number of rotatable bonds is 1. The van der Waals surface area contributed by atoms with Gasteiger partial charge in [0, 0.05) is 10.4 Å². The van der Waals surface area contributed by atoms with Crippen molar-refractivity contribution in [3.63, 3.8) is 0 Å². The quantitative estimate of drug-likeness (QED) is 0.710. The summed E-state index contributed by atoms with van der Waals surface area (Å²) in [6.45, 7) is 0. The number of hydrogen-bond acceptors (Lipinski definition) is 2. The molecular formula is C8H5ClFN3O. The van der Waals surface area contributed by atoms with Gasteiger partial charge in [-0.2, -0.15) is 10.6 Å². The number of fused-ring (bicyclic) bond motifs is 1. The highest BCUT2D eigenvalue weighted by Crippen LogP contribution is 2.20. The molecule has 0 fully saturated rings. The van der Waals surface area contributed by atoms with E-state index >= 15 is 0 Å². The molecule has 0 aliphatic heterocycles. The molecule has 72 valence electrons. The van der Waals surface area contributed by atoms with E-state index in [2.05, 4.69) is 10.2 Å². The average molecular weight is 214 g/mol. The Morgan fingerprint density at radius 2 is 2.36 bits per heavy atom. The van der Waals surface area contributed by atoms with Gasteiger partial charge in [0.25, 0.3) is 5.91 Å². The van der Waals surface area contributed by atoms with Crippen molar-refractivity contribution in [2.24, 2.45) is 0 Å². The van der Waals surface area contributed by atoms with Crippen molar-refractivity contribution in [3.05, 3.63) is 28.9 Å². The van der Waals surface area contributed by atoms with Crippen molar-refractivity contribution < 1.29 is 9.28 Å². The topological polar surface area (TPSA) is 57.8 Å². The van der Waals surface area contributed by atoms with Crippen LogP contribution in [0.15, 0.2) is 18.2 Å². The molecule has 0 atom stereocenters. The number of aromatic nitrogens is 2. The van der Waals surface area contributed by atoms with E-state index < -0.39 is 5.91 Å². The number of nitrogens with zero attached hydrogens (tertiary/aromatic N) is 1. The van der Waals surface area contributed by atoms with Gasteiger partial charge in [-0.25, -0.2) is 0 Å². The van der Waals surface area contributed by atoms with Crippen LogP contribution in [0, 0.1) is 0 Å². The standard InChI is InChI=1S/C8H5ClFN3O/c9-4-1-2-6-5(3-4)7(13-12-6)8(14)11-10/h1-3H,(H,11,14)(H,12,13). The van der Waals surface area contributed by atoms with Crippen LogP contribution in [-0.2, 0) is 0 Å². The minimum absolute atomic E-state index is 0.00926. The first-order chi connectivity index (χ1) is 6.72. The number of benzene rings is 1. The molecule has 4 nitrogen and oxygen atoms in total. The molecule has 1 aromatic carbocycles. The third-order valence-electron chi connectivity index (χ3n) is 1.83. The van der Waals surface area contributed by atoms with E-state index in [1.54, 1.807) is 18.2 Å². The zero-order valence-electron chi connectivity index (χ0n) is 6.84. The Kier molecular flexibility index (Phi) is 2.09. The maximum atomic E-state index is 11.9. The van der Waals surface area contributed by atoms with Crippen LogP contribution in [-0.4, -0.2) is 16.1 Å². The zero-order chi connectivity index (χ0) is 10.1. The van der Waals surface area contributed by atoms with Crippen molar-refractivity contribution in [2.75, 3.05) is 0 Å². The lowest BCUT2D eigenvalue weighted by molar-refractivity contribution is 0.0856. The van der Waals surface area contributed by atoms with Crippen LogP contribution in [0.25, 0.3) is 10.9 Å². The maximum absolute atomic E-state index is 11.9. The lowest BCUT2D eigenvalue weighted by atomic mass is 10.2. The lowest BCUT2D eigenvalue weighted by Gasteiger charge is -1.93. The molecule has 14 heavy (non-hydrogen) atoms. The number of carbonyl (C=O) groups is 1. The Balaban J connectivity index is 2.67. The SMILES string of the molecule is O=C(NF)c1n[nH]c2ccc(Cl)cc12. The Hall–Kier alpha value is -1.62. The molecule has 1 heterocycles. The number of H-pyrrole nitrogens is 1. The van der Waals surface area contributed by atoms with E-state index in [9.17, 15) is 9.28 Å². The predicted octanol–water partition coefficient (Wildman–Crippen LogP) is 1.83. The largest absolute Gasteiger partial charge is 0.300 e. The summed E-state index contributed by atoms with van der Waals surface area (Å²) in [5.41, 5.74) is 1.64. The van der Waals surface area contributed by atoms with Crippen molar-refractivity contribution in [2.45, 2.75) is 0 Å². The van der Waals surface area contributed by atoms with Crippen molar-refractivity contribution in [1.82, 2.24) is 15.7 Å². The fourth-order valence-electron chi connectivity index (χ4n) is 1.20. The highest BCUT2D eigenvalue weighted by molar-refractivity contribution is 6.31. The van der Waals surface area contributed by atoms with Gasteiger partial charge in [-0.3, -0.25) is 9.89 Å². The summed E-state index contributed by atoms with van der Waals surface area (Å²) in [5, 5.41) is 7.22. The van der Waals surface area contributed by atoms with Gasteiger partial charge in [0.05, 0.1) is 5.52 Å². The monoisotopic (exact) mass is 213 g/mol. The van der Waals surface area contributed by atoms with E-state index in [0.717, 1.165) is 5.54 Å². The summed E-state index contributed by atoms with van der Waals surface area (Å²) in [6.07, 6.45) is 0. The predicted molar refractivity (Wildman–Crippen MR) is 49.7 cm³/mol. The van der Waals surface area contributed by atoms with Crippen molar-refractivity contribution in [3.8, 4) is 0 Å². The van der Waals surface area contributed by atoms with Gasteiger partial charge < -0.3 is 0 Å². The van der Waals surface area contributed by atoms with Gasteiger partial charge in [-0.1, -0.05) is 16.1 Å². The van der Waals surface area contributed by atoms with E-state index in [4.69, 9.17) is 11.6 Å². The number of halogens is 2. The van der Waals surface area contributed by atoms with E-state index in [0.29, 0.717) is 15.9 Å². The Morgan fingerprint density at radius 1 is 1.57 bits per heavy atom. The number of carbonyl (C=O) groups excluding carboxylic acids is 1. The molecule has 0 saturated carbocycles. The zero-order valence-corrected chi connectivity index (χ0v) is 7.60. The van der Waals surface area contributed by atoms with Crippen molar-refractivity contribution >= 4 is 28.4 Å². The van der Waals surface area contributed by atoms with Gasteiger partial charge in [-0.15, -0.1) is 0 Å². The molecule has 0 unspecified atom stereocenters. The lowest BCUT2D eigenvalue weighted by Crippen LogP contribution is -2.14. The summed E-state index contributed by atoms with van der Waals surface area (Å²) in [7, 11) is 0. The van der Waals surface area contributed by atoms with E-state index in [-0.39, 0.29) is 5.69 Å².